The number of carbonyl (C=O) groups excluding carboxylic acids is 1. The average Bonchev–Trinajstić information content (AvgIpc) is 2.89. The van der Waals surface area contributed by atoms with Crippen LogP contribution in [0.25, 0.3) is 0 Å². The Kier molecular flexibility index (Phi) is 4.71. The normalized spacial score (nSPS) is 22.5. The zero-order chi connectivity index (χ0) is 17.3. The number of carboxylic acid groups (broad SMARTS) is 1. The van der Waals surface area contributed by atoms with Crippen molar-refractivity contribution in [2.24, 2.45) is 0 Å². The van der Waals surface area contributed by atoms with E-state index in [1.807, 2.05) is 12.1 Å². The molecule has 1 fully saturated rings. The second-order valence-corrected chi connectivity index (χ2v) is 5.31. The van der Waals surface area contributed by atoms with Gasteiger partial charge in [0, 0.05) is 18.5 Å². The number of hydrogen-bond donors (Lipinski definition) is 3. The van der Waals surface area contributed by atoms with Crippen molar-refractivity contribution in [2.45, 2.75) is 18.2 Å². The van der Waals surface area contributed by atoms with Gasteiger partial charge in [-0.15, -0.1) is 0 Å². The van der Waals surface area contributed by atoms with Crippen molar-refractivity contribution in [3.8, 4) is 0 Å². The maximum Gasteiger partial charge on any atom is 0.490 e. The van der Waals surface area contributed by atoms with Gasteiger partial charge in [0.1, 0.15) is 0 Å². The molecule has 1 unspecified atom stereocenters. The molecule has 10 heteroatoms. The Balaban J connectivity index is 0.000000236. The van der Waals surface area contributed by atoms with Gasteiger partial charge in [-0.25, -0.2) is 9.59 Å². The highest BCUT2D eigenvalue weighted by Gasteiger charge is 2.44. The van der Waals surface area contributed by atoms with Gasteiger partial charge in [-0.05, 0) is 12.6 Å². The number of alkyl halides is 3. The fourth-order valence-electron chi connectivity index (χ4n) is 2.38. The molecule has 0 aromatic heterocycles. The SMILES string of the molecule is O=C(O)C(F)(F)F.O=C1Nc2c(Cl)cccc2C2(CCNC2)O1. The number of carboxylic acids is 1. The largest absolute Gasteiger partial charge is 0.490 e. The van der Waals surface area contributed by atoms with E-state index in [0.717, 1.165) is 18.5 Å². The highest BCUT2D eigenvalue weighted by molar-refractivity contribution is 6.34. The van der Waals surface area contributed by atoms with Crippen LogP contribution in [0.15, 0.2) is 18.2 Å². The summed E-state index contributed by atoms with van der Waals surface area (Å²) in [6.07, 6.45) is -4.72. The van der Waals surface area contributed by atoms with E-state index in [1.165, 1.54) is 0 Å². The molecule has 2 heterocycles. The highest BCUT2D eigenvalue weighted by atomic mass is 35.5. The summed E-state index contributed by atoms with van der Waals surface area (Å²) in [6, 6.07) is 5.60. The molecule has 0 radical (unpaired) electrons. The summed E-state index contributed by atoms with van der Waals surface area (Å²) in [4.78, 5) is 20.4. The van der Waals surface area contributed by atoms with Crippen molar-refractivity contribution >= 4 is 29.4 Å². The van der Waals surface area contributed by atoms with E-state index >= 15 is 0 Å². The predicted molar refractivity (Wildman–Crippen MR) is 74.4 cm³/mol. The number of ether oxygens (including phenoxy) is 1. The second kappa shape index (κ2) is 6.25. The molecule has 23 heavy (non-hydrogen) atoms. The third-order valence-electron chi connectivity index (χ3n) is 3.38. The molecular formula is C13H12ClF3N2O4. The number of fused-ring (bicyclic) bond motifs is 2. The molecule has 1 spiro atoms. The molecule has 0 saturated carbocycles. The average molecular weight is 353 g/mol. The lowest BCUT2D eigenvalue weighted by atomic mass is 9.90. The molecule has 126 valence electrons. The minimum atomic E-state index is -5.08. The predicted octanol–water partition coefficient (Wildman–Crippen LogP) is 2.72. The van der Waals surface area contributed by atoms with E-state index in [1.54, 1.807) is 6.07 Å². The smallest absolute Gasteiger partial charge is 0.475 e. The Bertz CT molecular complexity index is 630. The van der Waals surface area contributed by atoms with Crippen LogP contribution in [0.1, 0.15) is 12.0 Å². The molecule has 1 aromatic carbocycles. The molecule has 0 bridgehead atoms. The van der Waals surface area contributed by atoms with Gasteiger partial charge >= 0.3 is 18.2 Å². The van der Waals surface area contributed by atoms with Crippen LogP contribution in [0.4, 0.5) is 23.7 Å². The molecule has 1 saturated heterocycles. The van der Waals surface area contributed by atoms with E-state index in [0.29, 0.717) is 17.3 Å². The summed E-state index contributed by atoms with van der Waals surface area (Å²) in [6.45, 7) is 1.49. The van der Waals surface area contributed by atoms with Gasteiger partial charge in [0.15, 0.2) is 5.60 Å². The van der Waals surface area contributed by atoms with Crippen LogP contribution in [-0.4, -0.2) is 36.4 Å². The lowest BCUT2D eigenvalue weighted by Gasteiger charge is -2.35. The van der Waals surface area contributed by atoms with Crippen LogP contribution < -0.4 is 10.6 Å². The molecule has 1 amide bonds. The zero-order valence-corrected chi connectivity index (χ0v) is 12.3. The number of halogens is 4. The second-order valence-electron chi connectivity index (χ2n) is 4.90. The van der Waals surface area contributed by atoms with Crippen molar-refractivity contribution < 1.29 is 32.6 Å². The first-order valence-electron chi connectivity index (χ1n) is 6.45. The summed E-state index contributed by atoms with van der Waals surface area (Å²) in [5.74, 6) is -2.76. The molecule has 6 nitrogen and oxygen atoms in total. The van der Waals surface area contributed by atoms with Gasteiger partial charge in [0.2, 0.25) is 0 Å². The number of nitrogens with one attached hydrogen (secondary N) is 2. The Labute approximate surface area is 133 Å². The maximum absolute atomic E-state index is 11.5. The topological polar surface area (TPSA) is 87.7 Å². The molecular weight excluding hydrogens is 341 g/mol. The van der Waals surface area contributed by atoms with Gasteiger partial charge in [-0.3, -0.25) is 5.32 Å². The number of hydrogen-bond acceptors (Lipinski definition) is 4. The van der Waals surface area contributed by atoms with Gasteiger partial charge in [0.25, 0.3) is 0 Å². The maximum atomic E-state index is 11.5. The van der Waals surface area contributed by atoms with E-state index in [-0.39, 0.29) is 0 Å². The van der Waals surface area contributed by atoms with Gasteiger partial charge in [0.05, 0.1) is 10.7 Å². The van der Waals surface area contributed by atoms with Crippen molar-refractivity contribution in [2.75, 3.05) is 18.4 Å². The molecule has 1 aromatic rings. The third kappa shape index (κ3) is 3.67. The fourth-order valence-corrected chi connectivity index (χ4v) is 2.60. The standard InChI is InChI=1S/C11H11ClN2O2.C2HF3O2/c12-8-3-1-2-7-9(8)14-10(15)16-11(7)4-5-13-6-11;3-2(4,5)1(6)7/h1-3,13H,4-6H2,(H,14,15);(H,6,7). The summed E-state index contributed by atoms with van der Waals surface area (Å²) in [7, 11) is 0. The molecule has 2 aliphatic rings. The summed E-state index contributed by atoms with van der Waals surface area (Å²) >= 11 is 6.08. The fraction of sp³-hybridized carbons (Fsp3) is 0.385. The van der Waals surface area contributed by atoms with E-state index < -0.39 is 23.8 Å². The number of para-hydroxylation sites is 1. The Morgan fingerprint density at radius 2 is 2.04 bits per heavy atom. The van der Waals surface area contributed by atoms with E-state index in [2.05, 4.69) is 10.6 Å². The number of carbonyl (C=O) groups is 2. The first-order chi connectivity index (χ1) is 10.7. The number of rotatable bonds is 0. The Hall–Kier alpha value is -2.00. The van der Waals surface area contributed by atoms with E-state index in [4.69, 9.17) is 26.2 Å². The number of amides is 1. The number of benzene rings is 1. The van der Waals surface area contributed by atoms with Crippen LogP contribution in [-0.2, 0) is 15.1 Å². The van der Waals surface area contributed by atoms with Gasteiger partial charge in [-0.2, -0.15) is 13.2 Å². The van der Waals surface area contributed by atoms with Gasteiger partial charge in [-0.1, -0.05) is 23.7 Å². The first-order valence-corrected chi connectivity index (χ1v) is 6.83. The van der Waals surface area contributed by atoms with Gasteiger partial charge < -0.3 is 15.2 Å². The Morgan fingerprint density at radius 1 is 1.39 bits per heavy atom. The van der Waals surface area contributed by atoms with Crippen molar-refractivity contribution in [1.29, 1.82) is 0 Å². The van der Waals surface area contributed by atoms with Crippen LogP contribution in [0, 0.1) is 0 Å². The van der Waals surface area contributed by atoms with Crippen molar-refractivity contribution in [1.82, 2.24) is 5.32 Å². The lowest BCUT2D eigenvalue weighted by molar-refractivity contribution is -0.192. The molecule has 1 atom stereocenters. The first kappa shape index (κ1) is 17.4. The molecule has 2 aliphatic heterocycles. The minimum Gasteiger partial charge on any atom is -0.475 e. The monoisotopic (exact) mass is 352 g/mol. The van der Waals surface area contributed by atoms with Crippen molar-refractivity contribution in [3.05, 3.63) is 28.8 Å². The zero-order valence-electron chi connectivity index (χ0n) is 11.5. The van der Waals surface area contributed by atoms with Crippen LogP contribution in [0.3, 0.4) is 0 Å². The molecule has 3 rings (SSSR count). The highest BCUT2D eigenvalue weighted by Crippen LogP contribution is 2.42. The van der Waals surface area contributed by atoms with E-state index in [9.17, 15) is 18.0 Å². The number of aliphatic carboxylic acids is 1. The summed E-state index contributed by atoms with van der Waals surface area (Å²) in [5.41, 5.74) is 1.11. The quantitative estimate of drug-likeness (QED) is 0.668. The summed E-state index contributed by atoms with van der Waals surface area (Å²) in [5, 5.41) is 13.6. The summed E-state index contributed by atoms with van der Waals surface area (Å²) < 4.78 is 37.2. The van der Waals surface area contributed by atoms with Crippen LogP contribution in [0.5, 0.6) is 0 Å². The minimum absolute atomic E-state index is 0.427. The third-order valence-corrected chi connectivity index (χ3v) is 3.69. The molecule has 0 aliphatic carbocycles. The van der Waals surface area contributed by atoms with Crippen LogP contribution >= 0.6 is 11.6 Å². The van der Waals surface area contributed by atoms with Crippen molar-refractivity contribution in [3.63, 3.8) is 0 Å². The number of anilines is 1. The lowest BCUT2D eigenvalue weighted by Crippen LogP contribution is -2.41. The molecule has 3 N–H and O–H groups in total. The Morgan fingerprint density at radius 3 is 2.57 bits per heavy atom. The van der Waals surface area contributed by atoms with Crippen LogP contribution in [0.2, 0.25) is 5.02 Å².